The molecule has 0 unspecified atom stereocenters. The van der Waals surface area contributed by atoms with E-state index in [0.717, 1.165) is 29.8 Å². The van der Waals surface area contributed by atoms with Crippen LogP contribution in [0.15, 0.2) is 29.9 Å². The molecule has 0 aliphatic heterocycles. The average Bonchev–Trinajstić information content (AvgIpc) is 2.99. The Kier molecular flexibility index (Phi) is 4.56. The molecule has 0 amide bonds. The lowest BCUT2D eigenvalue weighted by Gasteiger charge is -2.08. The van der Waals surface area contributed by atoms with E-state index in [9.17, 15) is 22.0 Å². The van der Waals surface area contributed by atoms with Crippen LogP contribution < -0.4 is 5.32 Å². The minimum absolute atomic E-state index is 0.0576. The maximum atomic E-state index is 13.7. The Hall–Kier alpha value is -2.33. The van der Waals surface area contributed by atoms with Crippen LogP contribution in [-0.4, -0.2) is 15.0 Å². The van der Waals surface area contributed by atoms with Gasteiger partial charge in [0, 0.05) is 10.9 Å². The molecule has 0 atom stereocenters. The topological polar surface area (TPSA) is 50.7 Å². The molecule has 1 aromatic carbocycles. The zero-order valence-electron chi connectivity index (χ0n) is 11.9. The van der Waals surface area contributed by atoms with Crippen LogP contribution in [0.4, 0.5) is 32.9 Å². The Bertz CT molecular complexity index is 928. The first-order valence-corrected chi connectivity index (χ1v) is 7.76. The molecule has 0 aliphatic rings. The predicted molar refractivity (Wildman–Crippen MR) is 82.8 cm³/mol. The van der Waals surface area contributed by atoms with Crippen molar-refractivity contribution >= 4 is 33.9 Å². The first-order valence-electron chi connectivity index (χ1n) is 6.51. The molecule has 0 aliphatic carbocycles. The Morgan fingerprint density at radius 2 is 1.84 bits per heavy atom. The second-order valence-electron chi connectivity index (χ2n) is 4.72. The van der Waals surface area contributed by atoms with Crippen molar-refractivity contribution in [3.05, 3.63) is 52.3 Å². The molecule has 4 nitrogen and oxygen atoms in total. The molecular formula is C14H6ClF5N4S. The minimum atomic E-state index is -4.69. The number of nitrogens with one attached hydrogen (secondary N) is 1. The van der Waals surface area contributed by atoms with Gasteiger partial charge in [0.2, 0.25) is 5.82 Å². The summed E-state index contributed by atoms with van der Waals surface area (Å²) < 4.78 is 65.5. The summed E-state index contributed by atoms with van der Waals surface area (Å²) in [6.07, 6.45) is -3.65. The van der Waals surface area contributed by atoms with Crippen molar-refractivity contribution in [3.63, 3.8) is 0 Å². The molecule has 2 aromatic heterocycles. The summed E-state index contributed by atoms with van der Waals surface area (Å²) in [7, 11) is 0. The lowest BCUT2D eigenvalue weighted by molar-refractivity contribution is -0.137. The monoisotopic (exact) mass is 392 g/mol. The highest BCUT2D eigenvalue weighted by molar-refractivity contribution is 7.14. The lowest BCUT2D eigenvalue weighted by Crippen LogP contribution is -2.05. The van der Waals surface area contributed by atoms with Gasteiger partial charge in [0.25, 0.3) is 0 Å². The molecule has 3 rings (SSSR count). The Morgan fingerprint density at radius 1 is 1.08 bits per heavy atom. The average molecular weight is 393 g/mol. The second-order valence-corrected chi connectivity index (χ2v) is 5.93. The fraction of sp³-hybridized carbons (Fsp3) is 0.0714. The maximum Gasteiger partial charge on any atom is 0.416 e. The molecule has 11 heteroatoms. The molecule has 25 heavy (non-hydrogen) atoms. The standard InChI is InChI=1S/C14H6ClF5N4S/c15-11-10(17)12(22-5-21-11)24-13-23-9(4-25-13)6-1-7(14(18,19)20)3-8(16)2-6/h1-5H,(H,21,22,23,24). The quantitative estimate of drug-likeness (QED) is 0.486. The SMILES string of the molecule is Fc1cc(-c2csc(Nc3ncnc(Cl)c3F)n2)cc(C(F)(F)F)c1. The molecule has 0 spiro atoms. The van der Waals surface area contributed by atoms with E-state index in [-0.39, 0.29) is 22.2 Å². The van der Waals surface area contributed by atoms with Gasteiger partial charge in [0.05, 0.1) is 11.3 Å². The summed E-state index contributed by atoms with van der Waals surface area (Å²) in [6, 6.07) is 2.10. The molecule has 0 bridgehead atoms. The molecule has 2 heterocycles. The Balaban J connectivity index is 1.92. The van der Waals surface area contributed by atoms with Crippen LogP contribution in [-0.2, 0) is 6.18 Å². The van der Waals surface area contributed by atoms with E-state index in [1.807, 2.05) is 0 Å². The number of benzene rings is 1. The first kappa shape index (κ1) is 17.5. The van der Waals surface area contributed by atoms with Crippen molar-refractivity contribution in [2.45, 2.75) is 6.18 Å². The van der Waals surface area contributed by atoms with Crippen molar-refractivity contribution < 1.29 is 22.0 Å². The van der Waals surface area contributed by atoms with E-state index in [4.69, 9.17) is 11.6 Å². The van der Waals surface area contributed by atoms with E-state index in [0.29, 0.717) is 6.07 Å². The van der Waals surface area contributed by atoms with E-state index >= 15 is 0 Å². The van der Waals surface area contributed by atoms with Crippen molar-refractivity contribution in [2.75, 3.05) is 5.32 Å². The van der Waals surface area contributed by atoms with Gasteiger partial charge in [0.15, 0.2) is 16.1 Å². The number of aromatic nitrogens is 3. The van der Waals surface area contributed by atoms with Gasteiger partial charge in [-0.05, 0) is 18.2 Å². The van der Waals surface area contributed by atoms with Crippen LogP contribution in [0.25, 0.3) is 11.3 Å². The number of thiazole rings is 1. The molecule has 3 aromatic rings. The lowest BCUT2D eigenvalue weighted by atomic mass is 10.1. The Labute approximate surface area is 146 Å². The van der Waals surface area contributed by atoms with Gasteiger partial charge >= 0.3 is 6.18 Å². The van der Waals surface area contributed by atoms with E-state index in [1.54, 1.807) is 0 Å². The number of nitrogens with zero attached hydrogens (tertiary/aromatic N) is 3. The first-order chi connectivity index (χ1) is 11.7. The van der Waals surface area contributed by atoms with Gasteiger partial charge in [-0.15, -0.1) is 11.3 Å². The summed E-state index contributed by atoms with van der Waals surface area (Å²) in [4.78, 5) is 11.1. The van der Waals surface area contributed by atoms with Gasteiger partial charge in [-0.25, -0.2) is 19.3 Å². The molecule has 0 fully saturated rings. The van der Waals surface area contributed by atoms with Gasteiger partial charge < -0.3 is 5.32 Å². The third-order valence-electron chi connectivity index (χ3n) is 3.00. The normalized spacial score (nSPS) is 11.6. The van der Waals surface area contributed by atoms with Crippen LogP contribution in [0.1, 0.15) is 5.56 Å². The number of alkyl halides is 3. The molecular weight excluding hydrogens is 387 g/mol. The zero-order chi connectivity index (χ0) is 18.2. The molecule has 1 N–H and O–H groups in total. The van der Waals surface area contributed by atoms with Gasteiger partial charge in [-0.1, -0.05) is 11.6 Å². The van der Waals surface area contributed by atoms with Crippen LogP contribution in [0.3, 0.4) is 0 Å². The highest BCUT2D eigenvalue weighted by atomic mass is 35.5. The fourth-order valence-corrected chi connectivity index (χ4v) is 2.75. The minimum Gasteiger partial charge on any atom is -0.314 e. The number of anilines is 2. The van der Waals surface area contributed by atoms with Crippen molar-refractivity contribution in [1.29, 1.82) is 0 Å². The summed E-state index contributed by atoms with van der Waals surface area (Å²) in [5.74, 6) is -2.18. The van der Waals surface area contributed by atoms with Crippen molar-refractivity contribution in [2.24, 2.45) is 0 Å². The van der Waals surface area contributed by atoms with Crippen LogP contribution >= 0.6 is 22.9 Å². The van der Waals surface area contributed by atoms with Gasteiger partial charge in [-0.3, -0.25) is 0 Å². The third kappa shape index (κ3) is 3.85. The summed E-state index contributed by atoms with van der Waals surface area (Å²) in [5, 5.41) is 3.69. The fourth-order valence-electron chi connectivity index (χ4n) is 1.90. The highest BCUT2D eigenvalue weighted by Gasteiger charge is 2.31. The van der Waals surface area contributed by atoms with Crippen LogP contribution in [0.5, 0.6) is 0 Å². The van der Waals surface area contributed by atoms with Gasteiger partial charge in [0.1, 0.15) is 12.1 Å². The second kappa shape index (κ2) is 6.52. The number of hydrogen-bond acceptors (Lipinski definition) is 5. The van der Waals surface area contributed by atoms with E-state index in [2.05, 4.69) is 20.3 Å². The third-order valence-corrected chi connectivity index (χ3v) is 4.02. The maximum absolute atomic E-state index is 13.7. The molecule has 0 radical (unpaired) electrons. The predicted octanol–water partition coefficient (Wildman–Crippen LogP) is 5.29. The molecule has 0 saturated carbocycles. The highest BCUT2D eigenvalue weighted by Crippen LogP contribution is 2.34. The molecule has 0 saturated heterocycles. The number of hydrogen-bond donors (Lipinski definition) is 1. The van der Waals surface area contributed by atoms with Crippen LogP contribution in [0.2, 0.25) is 5.15 Å². The van der Waals surface area contributed by atoms with Gasteiger partial charge in [-0.2, -0.15) is 17.6 Å². The summed E-state index contributed by atoms with van der Waals surface area (Å²) in [5.41, 5.74) is -1.09. The van der Waals surface area contributed by atoms with E-state index in [1.165, 1.54) is 5.38 Å². The Morgan fingerprint density at radius 3 is 2.56 bits per heavy atom. The summed E-state index contributed by atoms with van der Waals surface area (Å²) >= 11 is 6.50. The largest absolute Gasteiger partial charge is 0.416 e. The molecule has 130 valence electrons. The zero-order valence-corrected chi connectivity index (χ0v) is 13.5. The number of halogens is 6. The smallest absolute Gasteiger partial charge is 0.314 e. The summed E-state index contributed by atoms with van der Waals surface area (Å²) in [6.45, 7) is 0. The number of rotatable bonds is 3. The van der Waals surface area contributed by atoms with E-state index < -0.39 is 28.5 Å². The van der Waals surface area contributed by atoms with Crippen LogP contribution in [0, 0.1) is 11.6 Å². The van der Waals surface area contributed by atoms with Crippen molar-refractivity contribution in [1.82, 2.24) is 15.0 Å². The van der Waals surface area contributed by atoms with Crippen molar-refractivity contribution in [3.8, 4) is 11.3 Å².